The van der Waals surface area contributed by atoms with Gasteiger partial charge in [0.25, 0.3) is 0 Å². The van der Waals surface area contributed by atoms with Gasteiger partial charge in [-0.05, 0) is 44.9 Å². The summed E-state index contributed by atoms with van der Waals surface area (Å²) < 4.78 is 43.2. The molecule has 4 nitrogen and oxygen atoms in total. The third-order valence-electron chi connectivity index (χ3n) is 3.96. The molecule has 1 aliphatic heterocycles. The highest BCUT2D eigenvalue weighted by atomic mass is 19.4. The van der Waals surface area contributed by atoms with E-state index >= 15 is 0 Å². The van der Waals surface area contributed by atoms with E-state index in [1.54, 1.807) is 20.8 Å². The first-order chi connectivity index (χ1) is 11.0. The second-order valence-corrected chi connectivity index (χ2v) is 7.02. The van der Waals surface area contributed by atoms with Gasteiger partial charge in [0.2, 0.25) is 0 Å². The Morgan fingerprint density at radius 3 is 2.29 bits per heavy atom. The van der Waals surface area contributed by atoms with Crippen LogP contribution in [0.4, 0.5) is 18.0 Å². The van der Waals surface area contributed by atoms with Crippen LogP contribution < -0.4 is 0 Å². The van der Waals surface area contributed by atoms with E-state index in [9.17, 15) is 23.1 Å². The summed E-state index contributed by atoms with van der Waals surface area (Å²) in [4.78, 5) is 13.7. The molecular formula is C17H22F3NO3. The van der Waals surface area contributed by atoms with Gasteiger partial charge in [-0.15, -0.1) is 0 Å². The van der Waals surface area contributed by atoms with Gasteiger partial charge in [-0.25, -0.2) is 4.79 Å². The number of halogens is 3. The molecule has 0 bridgehead atoms. The number of amides is 1. The molecule has 24 heavy (non-hydrogen) atoms. The molecule has 0 spiro atoms. The second-order valence-electron chi connectivity index (χ2n) is 7.02. The molecule has 2 rings (SSSR count). The molecule has 1 amide bonds. The summed E-state index contributed by atoms with van der Waals surface area (Å²) in [7, 11) is 0. The molecular weight excluding hydrogens is 323 g/mol. The first-order valence-electron chi connectivity index (χ1n) is 7.79. The van der Waals surface area contributed by atoms with Gasteiger partial charge >= 0.3 is 12.3 Å². The molecule has 0 saturated carbocycles. The van der Waals surface area contributed by atoms with Crippen molar-refractivity contribution < 1.29 is 27.8 Å². The Bertz CT molecular complexity index is 578. The van der Waals surface area contributed by atoms with Gasteiger partial charge in [0.1, 0.15) is 5.60 Å². The average molecular weight is 345 g/mol. The van der Waals surface area contributed by atoms with E-state index in [0.29, 0.717) is 18.5 Å². The fraction of sp³-hybridized carbons (Fsp3) is 0.588. The molecule has 134 valence electrons. The molecule has 1 aromatic carbocycles. The van der Waals surface area contributed by atoms with Crippen LogP contribution in [0.3, 0.4) is 0 Å². The Morgan fingerprint density at radius 2 is 1.83 bits per heavy atom. The third kappa shape index (κ3) is 4.41. The Labute approximate surface area is 139 Å². The van der Waals surface area contributed by atoms with Crippen LogP contribution in [0, 0.1) is 0 Å². The van der Waals surface area contributed by atoms with E-state index in [1.807, 2.05) is 0 Å². The second kappa shape index (κ2) is 6.63. The lowest BCUT2D eigenvalue weighted by atomic mass is 9.95. The molecule has 1 unspecified atom stereocenters. The van der Waals surface area contributed by atoms with E-state index in [0.717, 1.165) is 12.1 Å². The van der Waals surface area contributed by atoms with Crippen LogP contribution in [0.5, 0.6) is 0 Å². The summed E-state index contributed by atoms with van der Waals surface area (Å²) >= 11 is 0. The van der Waals surface area contributed by atoms with Crippen LogP contribution >= 0.6 is 0 Å². The number of likely N-dealkylation sites (tertiary alicyclic amines) is 1. The lowest BCUT2D eigenvalue weighted by Crippen LogP contribution is -2.41. The number of aliphatic hydroxyl groups is 1. The van der Waals surface area contributed by atoms with Crippen molar-refractivity contribution in [3.05, 3.63) is 35.4 Å². The number of carbonyl (C=O) groups is 1. The molecule has 0 aromatic heterocycles. The highest BCUT2D eigenvalue weighted by Crippen LogP contribution is 2.35. The molecule has 1 aromatic rings. The number of nitrogens with zero attached hydrogens (tertiary/aromatic N) is 1. The fourth-order valence-corrected chi connectivity index (χ4v) is 2.82. The van der Waals surface area contributed by atoms with Crippen LogP contribution in [0.25, 0.3) is 0 Å². The number of ether oxygens (including phenoxy) is 1. The number of alkyl halides is 3. The Hall–Kier alpha value is -1.76. The van der Waals surface area contributed by atoms with Crippen molar-refractivity contribution in [2.24, 2.45) is 0 Å². The van der Waals surface area contributed by atoms with E-state index in [4.69, 9.17) is 4.74 Å². The fourth-order valence-electron chi connectivity index (χ4n) is 2.82. The maximum absolute atomic E-state index is 12.6. The van der Waals surface area contributed by atoms with Gasteiger partial charge in [0, 0.05) is 12.5 Å². The Balaban J connectivity index is 2.12. The van der Waals surface area contributed by atoms with Crippen molar-refractivity contribution in [2.45, 2.75) is 50.9 Å². The minimum Gasteiger partial charge on any atom is -0.444 e. The monoisotopic (exact) mass is 345 g/mol. The predicted octanol–water partition coefficient (Wildman–Crippen LogP) is 3.79. The number of carbonyl (C=O) groups excluding carboxylic acids is 1. The maximum Gasteiger partial charge on any atom is 0.416 e. The molecule has 1 saturated heterocycles. The highest BCUT2D eigenvalue weighted by molar-refractivity contribution is 5.69. The van der Waals surface area contributed by atoms with Crippen molar-refractivity contribution in [1.29, 1.82) is 0 Å². The normalized spacial score (nSPS) is 21.9. The van der Waals surface area contributed by atoms with Gasteiger partial charge in [-0.3, -0.25) is 0 Å². The van der Waals surface area contributed by atoms with Gasteiger partial charge < -0.3 is 14.7 Å². The quantitative estimate of drug-likeness (QED) is 0.887. The van der Waals surface area contributed by atoms with Gasteiger partial charge in [0.05, 0.1) is 18.2 Å². The van der Waals surface area contributed by atoms with E-state index < -0.39 is 29.5 Å². The Kier molecular flexibility index (Phi) is 5.13. The standard InChI is InChI=1S/C17H22F3NO3/c1-16(2,3)24-15(23)21-9-12(8-14(21)10-22)11-4-6-13(7-5-11)17(18,19)20/h4-7,12,14,22H,8-10H2,1-3H3/t12?,14-/m1/s1. The van der Waals surface area contributed by atoms with Crippen molar-refractivity contribution in [3.8, 4) is 0 Å². The van der Waals surface area contributed by atoms with E-state index in [1.165, 1.54) is 17.0 Å². The Morgan fingerprint density at radius 1 is 1.25 bits per heavy atom. The molecule has 1 aliphatic rings. The number of hydrogen-bond donors (Lipinski definition) is 1. The number of aliphatic hydroxyl groups excluding tert-OH is 1. The van der Waals surface area contributed by atoms with Crippen molar-refractivity contribution in [3.63, 3.8) is 0 Å². The van der Waals surface area contributed by atoms with Gasteiger partial charge in [-0.2, -0.15) is 13.2 Å². The summed E-state index contributed by atoms with van der Waals surface area (Å²) in [6, 6.07) is 4.55. The topological polar surface area (TPSA) is 49.8 Å². The first kappa shape index (κ1) is 18.6. The molecule has 1 N–H and O–H groups in total. The summed E-state index contributed by atoms with van der Waals surface area (Å²) in [5.41, 5.74) is -0.636. The summed E-state index contributed by atoms with van der Waals surface area (Å²) in [5, 5.41) is 9.50. The lowest BCUT2D eigenvalue weighted by Gasteiger charge is -2.27. The average Bonchev–Trinajstić information content (AvgIpc) is 2.89. The molecule has 1 heterocycles. The predicted molar refractivity (Wildman–Crippen MR) is 82.6 cm³/mol. The number of hydrogen-bond acceptors (Lipinski definition) is 3. The minimum atomic E-state index is -4.37. The maximum atomic E-state index is 12.6. The summed E-state index contributed by atoms with van der Waals surface area (Å²) in [5.74, 6) is -0.128. The van der Waals surface area contributed by atoms with E-state index in [-0.39, 0.29) is 12.5 Å². The SMILES string of the molecule is CC(C)(C)OC(=O)N1CC(c2ccc(C(F)(F)F)cc2)C[C@@H]1CO. The molecule has 2 atom stereocenters. The van der Waals surface area contributed by atoms with Crippen molar-refractivity contribution >= 4 is 6.09 Å². The van der Waals surface area contributed by atoms with Crippen LogP contribution in [0.15, 0.2) is 24.3 Å². The van der Waals surface area contributed by atoms with Crippen LogP contribution in [-0.2, 0) is 10.9 Å². The zero-order chi connectivity index (χ0) is 18.1. The summed E-state index contributed by atoms with van der Waals surface area (Å²) in [6.07, 6.45) is -4.40. The number of rotatable bonds is 2. The smallest absolute Gasteiger partial charge is 0.416 e. The molecule has 0 aliphatic carbocycles. The van der Waals surface area contributed by atoms with Crippen LogP contribution in [0.1, 0.15) is 44.2 Å². The van der Waals surface area contributed by atoms with Crippen molar-refractivity contribution in [2.75, 3.05) is 13.2 Å². The largest absolute Gasteiger partial charge is 0.444 e. The minimum absolute atomic E-state index is 0.128. The molecule has 7 heteroatoms. The zero-order valence-corrected chi connectivity index (χ0v) is 13.9. The lowest BCUT2D eigenvalue weighted by molar-refractivity contribution is -0.137. The zero-order valence-electron chi connectivity index (χ0n) is 13.9. The first-order valence-corrected chi connectivity index (χ1v) is 7.79. The van der Waals surface area contributed by atoms with Gasteiger partial charge in [0.15, 0.2) is 0 Å². The third-order valence-corrected chi connectivity index (χ3v) is 3.96. The molecule has 0 radical (unpaired) electrons. The number of benzene rings is 1. The van der Waals surface area contributed by atoms with Crippen LogP contribution in [0.2, 0.25) is 0 Å². The van der Waals surface area contributed by atoms with Crippen molar-refractivity contribution in [1.82, 2.24) is 4.90 Å². The summed E-state index contributed by atoms with van der Waals surface area (Å²) in [6.45, 7) is 5.36. The van der Waals surface area contributed by atoms with Crippen LogP contribution in [-0.4, -0.2) is 40.9 Å². The van der Waals surface area contributed by atoms with Gasteiger partial charge in [-0.1, -0.05) is 12.1 Å². The highest BCUT2D eigenvalue weighted by Gasteiger charge is 2.38. The molecule has 1 fully saturated rings. The van der Waals surface area contributed by atoms with E-state index in [2.05, 4.69) is 0 Å².